The lowest BCUT2D eigenvalue weighted by Crippen LogP contribution is -2.39. The maximum atomic E-state index is 13.5. The average molecular weight is 489 g/mol. The summed E-state index contributed by atoms with van der Waals surface area (Å²) in [7, 11) is 1.67. The fourth-order valence-electron chi connectivity index (χ4n) is 4.48. The lowest BCUT2D eigenvalue weighted by atomic mass is 9.94. The van der Waals surface area contributed by atoms with Gasteiger partial charge < -0.3 is 19.7 Å². The van der Waals surface area contributed by atoms with E-state index < -0.39 is 0 Å². The number of hydrogen-bond acceptors (Lipinski definition) is 5. The van der Waals surface area contributed by atoms with Gasteiger partial charge in [0.15, 0.2) is 0 Å². The number of anilines is 1. The van der Waals surface area contributed by atoms with E-state index in [0.29, 0.717) is 19.7 Å². The SMILES string of the molecule is CCOc1ccc(NC(=O)N(Cc2ccc(CC)cc2)CC2CNNC2c2ccc(OC)cc2)cc1. The minimum atomic E-state index is -0.126. The first-order valence-electron chi connectivity index (χ1n) is 12.6. The van der Waals surface area contributed by atoms with Gasteiger partial charge in [-0.25, -0.2) is 10.2 Å². The molecule has 7 nitrogen and oxygen atoms in total. The molecule has 0 aliphatic carbocycles. The summed E-state index contributed by atoms with van der Waals surface area (Å²) in [6.07, 6.45) is 0.991. The zero-order chi connectivity index (χ0) is 25.3. The van der Waals surface area contributed by atoms with Crippen LogP contribution in [0.2, 0.25) is 0 Å². The smallest absolute Gasteiger partial charge is 0.322 e. The van der Waals surface area contributed by atoms with E-state index >= 15 is 0 Å². The summed E-state index contributed by atoms with van der Waals surface area (Å²) in [6.45, 7) is 6.58. The molecular weight excluding hydrogens is 452 g/mol. The Morgan fingerprint density at radius 1 is 0.944 bits per heavy atom. The van der Waals surface area contributed by atoms with E-state index in [4.69, 9.17) is 9.47 Å². The molecule has 0 bridgehead atoms. The zero-order valence-electron chi connectivity index (χ0n) is 21.3. The molecule has 1 aliphatic rings. The maximum absolute atomic E-state index is 13.5. The highest BCUT2D eigenvalue weighted by Gasteiger charge is 2.31. The molecule has 1 aliphatic heterocycles. The van der Waals surface area contributed by atoms with Crippen LogP contribution in [-0.2, 0) is 13.0 Å². The number of urea groups is 1. The van der Waals surface area contributed by atoms with Gasteiger partial charge in [0.25, 0.3) is 0 Å². The average Bonchev–Trinajstić information content (AvgIpc) is 3.38. The summed E-state index contributed by atoms with van der Waals surface area (Å²) in [5.74, 6) is 1.81. The predicted octanol–water partition coefficient (Wildman–Crippen LogP) is 5.16. The molecule has 7 heteroatoms. The van der Waals surface area contributed by atoms with E-state index in [1.807, 2.05) is 48.2 Å². The Balaban J connectivity index is 1.51. The van der Waals surface area contributed by atoms with E-state index in [-0.39, 0.29) is 18.0 Å². The number of hydrogen-bond donors (Lipinski definition) is 3. The molecule has 36 heavy (non-hydrogen) atoms. The third-order valence-electron chi connectivity index (χ3n) is 6.53. The fraction of sp³-hybridized carbons (Fsp3) is 0.345. The van der Waals surface area contributed by atoms with Gasteiger partial charge in [0.2, 0.25) is 0 Å². The highest BCUT2D eigenvalue weighted by atomic mass is 16.5. The van der Waals surface area contributed by atoms with Gasteiger partial charge in [-0.3, -0.25) is 5.43 Å². The van der Waals surface area contributed by atoms with E-state index in [9.17, 15) is 4.79 Å². The summed E-state index contributed by atoms with van der Waals surface area (Å²) in [4.78, 5) is 15.4. The van der Waals surface area contributed by atoms with Crippen LogP contribution in [0.5, 0.6) is 11.5 Å². The molecule has 2 unspecified atom stereocenters. The van der Waals surface area contributed by atoms with Crippen molar-refractivity contribution in [2.45, 2.75) is 32.9 Å². The Morgan fingerprint density at radius 3 is 2.25 bits per heavy atom. The number of hydrazine groups is 1. The van der Waals surface area contributed by atoms with Gasteiger partial charge in [-0.05, 0) is 66.4 Å². The third-order valence-corrected chi connectivity index (χ3v) is 6.53. The van der Waals surface area contributed by atoms with Crippen molar-refractivity contribution < 1.29 is 14.3 Å². The van der Waals surface area contributed by atoms with Gasteiger partial charge in [0.05, 0.1) is 19.8 Å². The van der Waals surface area contributed by atoms with Gasteiger partial charge >= 0.3 is 6.03 Å². The second-order valence-corrected chi connectivity index (χ2v) is 8.97. The van der Waals surface area contributed by atoms with Crippen LogP contribution in [0.3, 0.4) is 0 Å². The number of carbonyl (C=O) groups excluding carboxylic acids is 1. The monoisotopic (exact) mass is 488 g/mol. The first kappa shape index (κ1) is 25.5. The molecule has 0 saturated carbocycles. The molecule has 2 amide bonds. The summed E-state index contributed by atoms with van der Waals surface area (Å²) in [6, 6.07) is 24.0. The van der Waals surface area contributed by atoms with Crippen molar-refractivity contribution in [2.24, 2.45) is 5.92 Å². The topological polar surface area (TPSA) is 74.9 Å². The number of amides is 2. The van der Waals surface area contributed by atoms with E-state index in [0.717, 1.165) is 41.3 Å². The van der Waals surface area contributed by atoms with Crippen LogP contribution >= 0.6 is 0 Å². The van der Waals surface area contributed by atoms with Crippen LogP contribution in [0.15, 0.2) is 72.8 Å². The zero-order valence-corrected chi connectivity index (χ0v) is 21.3. The summed E-state index contributed by atoms with van der Waals surface area (Å²) < 4.78 is 10.8. The van der Waals surface area contributed by atoms with Gasteiger partial charge in [-0.1, -0.05) is 43.3 Å². The van der Waals surface area contributed by atoms with Crippen LogP contribution in [0.25, 0.3) is 0 Å². The lowest BCUT2D eigenvalue weighted by Gasteiger charge is -2.29. The Bertz CT molecular complexity index is 1100. The van der Waals surface area contributed by atoms with E-state index in [1.165, 1.54) is 5.56 Å². The summed E-state index contributed by atoms with van der Waals surface area (Å²) in [5, 5.41) is 3.07. The molecule has 3 aromatic carbocycles. The first-order chi connectivity index (χ1) is 17.6. The number of nitrogens with zero attached hydrogens (tertiary/aromatic N) is 1. The Labute approximate surface area is 213 Å². The predicted molar refractivity (Wildman–Crippen MR) is 143 cm³/mol. The molecular formula is C29H36N4O3. The Hall–Kier alpha value is -3.55. The van der Waals surface area contributed by atoms with Crippen molar-refractivity contribution in [3.05, 3.63) is 89.5 Å². The Morgan fingerprint density at radius 2 is 1.61 bits per heavy atom. The molecule has 0 aromatic heterocycles. The maximum Gasteiger partial charge on any atom is 0.322 e. The molecule has 3 N–H and O–H groups in total. The van der Waals surface area contributed by atoms with Crippen molar-refractivity contribution in [3.63, 3.8) is 0 Å². The highest BCUT2D eigenvalue weighted by molar-refractivity contribution is 5.89. The first-order valence-corrected chi connectivity index (χ1v) is 12.6. The van der Waals surface area contributed by atoms with Gasteiger partial charge in [0, 0.05) is 31.2 Å². The van der Waals surface area contributed by atoms with Gasteiger partial charge in [0.1, 0.15) is 11.5 Å². The normalized spacial score (nSPS) is 17.0. The van der Waals surface area contributed by atoms with Crippen molar-refractivity contribution >= 4 is 11.7 Å². The third kappa shape index (κ3) is 6.56. The second-order valence-electron chi connectivity index (χ2n) is 8.97. The van der Waals surface area contributed by atoms with Gasteiger partial charge in [-0.15, -0.1) is 0 Å². The molecule has 0 radical (unpaired) electrons. The molecule has 190 valence electrons. The van der Waals surface area contributed by atoms with Crippen molar-refractivity contribution in [1.29, 1.82) is 0 Å². The number of benzene rings is 3. The van der Waals surface area contributed by atoms with Crippen LogP contribution in [0, 0.1) is 5.92 Å². The molecule has 1 fully saturated rings. The minimum absolute atomic E-state index is 0.0825. The number of methoxy groups -OCH3 is 1. The van der Waals surface area contributed by atoms with E-state index in [1.54, 1.807) is 7.11 Å². The second kappa shape index (κ2) is 12.4. The standard InChI is InChI=1S/C29H36N4O3/c1-4-21-6-8-22(9-7-21)19-33(29(34)31-25-12-16-27(17-13-25)36-5-2)20-24-18-30-32-28(24)23-10-14-26(35-3)15-11-23/h6-17,24,28,30,32H,4-5,18-20H2,1-3H3,(H,31,34). The number of rotatable bonds is 10. The quantitative estimate of drug-likeness (QED) is 0.368. The van der Waals surface area contributed by atoms with Crippen molar-refractivity contribution in [2.75, 3.05) is 32.1 Å². The number of carbonyl (C=O) groups is 1. The summed E-state index contributed by atoms with van der Waals surface area (Å²) >= 11 is 0. The van der Waals surface area contributed by atoms with Crippen LogP contribution < -0.4 is 25.6 Å². The molecule has 4 rings (SSSR count). The van der Waals surface area contributed by atoms with Crippen LogP contribution in [0.4, 0.5) is 10.5 Å². The number of ether oxygens (including phenoxy) is 2. The number of nitrogens with one attached hydrogen (secondary N) is 3. The molecule has 3 aromatic rings. The van der Waals surface area contributed by atoms with Crippen LogP contribution in [0.1, 0.15) is 36.6 Å². The largest absolute Gasteiger partial charge is 0.497 e. The number of aryl methyl sites for hydroxylation is 1. The van der Waals surface area contributed by atoms with Crippen LogP contribution in [-0.4, -0.2) is 37.7 Å². The summed E-state index contributed by atoms with van der Waals surface area (Å²) in [5.41, 5.74) is 11.0. The van der Waals surface area contributed by atoms with Crippen molar-refractivity contribution in [3.8, 4) is 11.5 Å². The Kier molecular flexibility index (Phi) is 8.81. The van der Waals surface area contributed by atoms with Crippen molar-refractivity contribution in [1.82, 2.24) is 15.8 Å². The lowest BCUT2D eigenvalue weighted by molar-refractivity contribution is 0.196. The molecule has 2 atom stereocenters. The molecule has 0 spiro atoms. The van der Waals surface area contributed by atoms with Gasteiger partial charge in [-0.2, -0.15) is 0 Å². The minimum Gasteiger partial charge on any atom is -0.497 e. The van der Waals surface area contributed by atoms with E-state index in [2.05, 4.69) is 59.5 Å². The highest BCUT2D eigenvalue weighted by Crippen LogP contribution is 2.28. The fourth-order valence-corrected chi connectivity index (χ4v) is 4.48. The molecule has 1 heterocycles. The molecule has 1 saturated heterocycles.